The van der Waals surface area contributed by atoms with Gasteiger partial charge in [-0.05, 0) is 42.7 Å². The van der Waals surface area contributed by atoms with Gasteiger partial charge in [0.05, 0.1) is 7.11 Å². The summed E-state index contributed by atoms with van der Waals surface area (Å²) in [5.74, 6) is -0.323. The van der Waals surface area contributed by atoms with Gasteiger partial charge in [0, 0.05) is 12.1 Å². The third kappa shape index (κ3) is 4.68. The molecule has 0 fully saturated rings. The fraction of sp³-hybridized carbons (Fsp3) is 0.278. The van der Waals surface area contributed by atoms with Gasteiger partial charge in [0.1, 0.15) is 0 Å². The number of carbonyl (C=O) groups excluding carboxylic acids is 1. The van der Waals surface area contributed by atoms with Crippen LogP contribution in [0.25, 0.3) is 0 Å². The molecule has 0 unspecified atom stereocenters. The van der Waals surface area contributed by atoms with Crippen molar-refractivity contribution in [1.29, 1.82) is 0 Å². The summed E-state index contributed by atoms with van der Waals surface area (Å²) in [5.41, 5.74) is 2.65. The number of alkyl halides is 2. The molecule has 0 aliphatic carbocycles. The molecule has 0 spiro atoms. The number of nitrogens with one attached hydrogen (secondary N) is 1. The van der Waals surface area contributed by atoms with E-state index in [-0.39, 0.29) is 17.4 Å². The number of halogens is 2. The molecule has 1 N–H and O–H groups in total. The molecule has 1 amide bonds. The highest BCUT2D eigenvalue weighted by atomic mass is 19.3. The van der Waals surface area contributed by atoms with Gasteiger partial charge >= 0.3 is 6.61 Å². The number of rotatable bonds is 7. The number of amides is 1. The Hall–Kier alpha value is -2.63. The number of aryl methyl sites for hydroxylation is 1. The van der Waals surface area contributed by atoms with Crippen LogP contribution in [0, 0.1) is 6.92 Å². The smallest absolute Gasteiger partial charge is 0.387 e. The van der Waals surface area contributed by atoms with E-state index in [0.29, 0.717) is 18.5 Å². The summed E-state index contributed by atoms with van der Waals surface area (Å²) in [6.45, 7) is -0.460. The van der Waals surface area contributed by atoms with Crippen LogP contribution in [-0.4, -0.2) is 26.2 Å². The highest BCUT2D eigenvalue weighted by Gasteiger charge is 2.14. The summed E-state index contributed by atoms with van der Waals surface area (Å²) in [5, 5.41) is 2.80. The zero-order chi connectivity index (χ0) is 17.5. The SMILES string of the molecule is COc1cc(C(=O)NCCc2ccccc2C)ccc1OC(F)F. The molecule has 2 rings (SSSR count). The average molecular weight is 335 g/mol. The molecule has 0 atom stereocenters. The third-order valence-corrected chi connectivity index (χ3v) is 3.58. The molecule has 0 heterocycles. The molecule has 0 saturated carbocycles. The van der Waals surface area contributed by atoms with Crippen LogP contribution in [0.5, 0.6) is 11.5 Å². The Balaban J connectivity index is 1.98. The fourth-order valence-corrected chi connectivity index (χ4v) is 2.31. The molecule has 0 saturated heterocycles. The highest BCUT2D eigenvalue weighted by molar-refractivity contribution is 5.94. The van der Waals surface area contributed by atoms with Crippen molar-refractivity contribution in [1.82, 2.24) is 5.32 Å². The van der Waals surface area contributed by atoms with E-state index in [2.05, 4.69) is 10.1 Å². The van der Waals surface area contributed by atoms with E-state index in [1.807, 2.05) is 31.2 Å². The first-order valence-corrected chi connectivity index (χ1v) is 7.47. The first-order valence-electron chi connectivity index (χ1n) is 7.47. The lowest BCUT2D eigenvalue weighted by Crippen LogP contribution is -2.25. The maximum absolute atomic E-state index is 12.3. The molecule has 24 heavy (non-hydrogen) atoms. The maximum Gasteiger partial charge on any atom is 0.387 e. The lowest BCUT2D eigenvalue weighted by Gasteiger charge is -2.12. The van der Waals surface area contributed by atoms with Crippen molar-refractivity contribution in [2.45, 2.75) is 20.0 Å². The van der Waals surface area contributed by atoms with Gasteiger partial charge in [-0.1, -0.05) is 24.3 Å². The van der Waals surface area contributed by atoms with Crippen molar-refractivity contribution in [2.75, 3.05) is 13.7 Å². The summed E-state index contributed by atoms with van der Waals surface area (Å²) >= 11 is 0. The van der Waals surface area contributed by atoms with Crippen molar-refractivity contribution < 1.29 is 23.0 Å². The predicted molar refractivity (Wildman–Crippen MR) is 86.8 cm³/mol. The molecule has 2 aromatic rings. The van der Waals surface area contributed by atoms with Gasteiger partial charge in [-0.15, -0.1) is 0 Å². The average Bonchev–Trinajstić information content (AvgIpc) is 2.56. The molecule has 2 aromatic carbocycles. The van der Waals surface area contributed by atoms with Gasteiger partial charge in [0.25, 0.3) is 5.91 Å². The molecule has 0 aromatic heterocycles. The van der Waals surface area contributed by atoms with E-state index in [1.54, 1.807) is 0 Å². The number of hydrogen-bond donors (Lipinski definition) is 1. The van der Waals surface area contributed by atoms with Crippen molar-refractivity contribution in [3.8, 4) is 11.5 Å². The number of methoxy groups -OCH3 is 1. The second-order valence-electron chi connectivity index (χ2n) is 5.18. The number of ether oxygens (including phenoxy) is 2. The number of hydrogen-bond acceptors (Lipinski definition) is 3. The summed E-state index contributed by atoms with van der Waals surface area (Å²) in [6, 6.07) is 12.0. The maximum atomic E-state index is 12.3. The molecular weight excluding hydrogens is 316 g/mol. The van der Waals surface area contributed by atoms with Gasteiger partial charge in [-0.25, -0.2) is 0 Å². The van der Waals surface area contributed by atoms with E-state index in [0.717, 1.165) is 5.56 Å². The molecule has 0 radical (unpaired) electrons. The molecule has 0 aliphatic rings. The van der Waals surface area contributed by atoms with Crippen LogP contribution in [0.2, 0.25) is 0 Å². The van der Waals surface area contributed by atoms with Crippen LogP contribution >= 0.6 is 0 Å². The van der Waals surface area contributed by atoms with Gasteiger partial charge in [-0.3, -0.25) is 4.79 Å². The van der Waals surface area contributed by atoms with Crippen molar-refractivity contribution in [2.24, 2.45) is 0 Å². The normalized spacial score (nSPS) is 10.5. The molecule has 0 bridgehead atoms. The Morgan fingerprint density at radius 3 is 2.58 bits per heavy atom. The Kier molecular flexibility index (Phi) is 6.12. The van der Waals surface area contributed by atoms with Crippen molar-refractivity contribution >= 4 is 5.91 Å². The van der Waals surface area contributed by atoms with Gasteiger partial charge < -0.3 is 14.8 Å². The number of carbonyl (C=O) groups is 1. The van der Waals surface area contributed by atoms with Crippen molar-refractivity contribution in [3.05, 3.63) is 59.2 Å². The summed E-state index contributed by atoms with van der Waals surface area (Å²) < 4.78 is 33.9. The first kappa shape index (κ1) is 17.7. The molecule has 6 heteroatoms. The summed E-state index contributed by atoms with van der Waals surface area (Å²) in [6.07, 6.45) is 0.710. The minimum absolute atomic E-state index is 0.0850. The quantitative estimate of drug-likeness (QED) is 0.841. The lowest BCUT2D eigenvalue weighted by atomic mass is 10.1. The Bertz CT molecular complexity index is 704. The van der Waals surface area contributed by atoms with Crippen LogP contribution in [0.15, 0.2) is 42.5 Å². The Labute approximate surface area is 139 Å². The van der Waals surface area contributed by atoms with Gasteiger partial charge in [-0.2, -0.15) is 8.78 Å². The summed E-state index contributed by atoms with van der Waals surface area (Å²) in [7, 11) is 1.33. The van der Waals surface area contributed by atoms with Crippen LogP contribution in [0.4, 0.5) is 8.78 Å². The molecule has 4 nitrogen and oxygen atoms in total. The van der Waals surface area contributed by atoms with E-state index < -0.39 is 6.61 Å². The zero-order valence-corrected chi connectivity index (χ0v) is 13.5. The minimum Gasteiger partial charge on any atom is -0.493 e. The Morgan fingerprint density at radius 2 is 1.92 bits per heavy atom. The Morgan fingerprint density at radius 1 is 1.17 bits per heavy atom. The van der Waals surface area contributed by atoms with Crippen LogP contribution in [0.1, 0.15) is 21.5 Å². The second-order valence-corrected chi connectivity index (χ2v) is 5.18. The molecule has 0 aliphatic heterocycles. The van der Waals surface area contributed by atoms with Crippen LogP contribution in [-0.2, 0) is 6.42 Å². The van der Waals surface area contributed by atoms with Gasteiger partial charge in [0.15, 0.2) is 11.5 Å². The predicted octanol–water partition coefficient (Wildman–Crippen LogP) is 3.58. The standard InChI is InChI=1S/C18H19F2NO3/c1-12-5-3-4-6-13(12)9-10-21-17(22)14-7-8-15(24-18(19)20)16(11-14)23-2/h3-8,11,18H,9-10H2,1-2H3,(H,21,22). The van der Waals surface area contributed by atoms with E-state index >= 15 is 0 Å². The highest BCUT2D eigenvalue weighted by Crippen LogP contribution is 2.29. The molecular formula is C18H19F2NO3. The van der Waals surface area contributed by atoms with Crippen molar-refractivity contribution in [3.63, 3.8) is 0 Å². The number of benzene rings is 2. The lowest BCUT2D eigenvalue weighted by molar-refractivity contribution is -0.0512. The zero-order valence-electron chi connectivity index (χ0n) is 13.5. The minimum atomic E-state index is -2.95. The van der Waals surface area contributed by atoms with Crippen LogP contribution < -0.4 is 14.8 Å². The summed E-state index contributed by atoms with van der Waals surface area (Å²) in [4.78, 5) is 12.2. The van der Waals surface area contributed by atoms with E-state index in [1.165, 1.54) is 30.9 Å². The van der Waals surface area contributed by atoms with Crippen LogP contribution in [0.3, 0.4) is 0 Å². The third-order valence-electron chi connectivity index (χ3n) is 3.58. The second kappa shape index (κ2) is 8.29. The first-order chi connectivity index (χ1) is 11.5. The monoisotopic (exact) mass is 335 g/mol. The van der Waals surface area contributed by atoms with Gasteiger partial charge in [0.2, 0.25) is 0 Å². The fourth-order valence-electron chi connectivity index (χ4n) is 2.31. The van der Waals surface area contributed by atoms with E-state index in [4.69, 9.17) is 4.74 Å². The largest absolute Gasteiger partial charge is 0.493 e. The van der Waals surface area contributed by atoms with E-state index in [9.17, 15) is 13.6 Å². The topological polar surface area (TPSA) is 47.6 Å². The molecule has 128 valence electrons.